The lowest BCUT2D eigenvalue weighted by molar-refractivity contribution is 0.266. The summed E-state index contributed by atoms with van der Waals surface area (Å²) in [5, 5.41) is 2.40. The largest absolute Gasteiger partial charge is 0.497 e. The van der Waals surface area contributed by atoms with Crippen LogP contribution in [0.4, 0.5) is 0 Å². The van der Waals surface area contributed by atoms with Crippen LogP contribution in [0, 0.1) is 0 Å². The predicted octanol–water partition coefficient (Wildman–Crippen LogP) is 2.80. The molecule has 0 saturated heterocycles. The maximum absolute atomic E-state index is 6.10. The van der Waals surface area contributed by atoms with Gasteiger partial charge >= 0.3 is 0 Å². The van der Waals surface area contributed by atoms with Crippen molar-refractivity contribution in [2.45, 2.75) is 19.0 Å². The second kappa shape index (κ2) is 5.59. The molecule has 0 amide bonds. The Hall–Kier alpha value is -1.58. The summed E-state index contributed by atoms with van der Waals surface area (Å²) in [5.41, 5.74) is 7.35. The Bertz CT molecular complexity index is 556. The molecular formula is C16H22N2O. The number of nitrogens with two attached hydrogens (primary N) is 1. The summed E-state index contributed by atoms with van der Waals surface area (Å²) < 4.78 is 5.25. The molecule has 0 spiro atoms. The summed E-state index contributed by atoms with van der Waals surface area (Å²) in [6, 6.07) is 12.9. The van der Waals surface area contributed by atoms with E-state index in [2.05, 4.69) is 49.3 Å². The number of hydrogen-bond donors (Lipinski definition) is 1. The standard InChI is InChI=1S/C16H22N2O/c1-11(17)16(18(2)3)14-6-5-13-10-15(19-4)8-7-12(13)9-14/h5-11,16H,17H2,1-4H3. The van der Waals surface area contributed by atoms with Crippen LogP contribution < -0.4 is 10.5 Å². The highest BCUT2D eigenvalue weighted by Crippen LogP contribution is 2.27. The Labute approximate surface area is 115 Å². The molecule has 2 N–H and O–H groups in total. The molecule has 0 heterocycles. The number of rotatable bonds is 4. The van der Waals surface area contributed by atoms with Crippen molar-refractivity contribution in [3.8, 4) is 5.75 Å². The lowest BCUT2D eigenvalue weighted by Crippen LogP contribution is -2.34. The van der Waals surface area contributed by atoms with E-state index in [-0.39, 0.29) is 12.1 Å². The van der Waals surface area contributed by atoms with Crippen LogP contribution in [0.1, 0.15) is 18.5 Å². The second-order valence-electron chi connectivity index (χ2n) is 5.24. The molecule has 0 fully saturated rings. The zero-order chi connectivity index (χ0) is 14.0. The number of ether oxygens (including phenoxy) is 1. The highest BCUT2D eigenvalue weighted by Gasteiger charge is 2.18. The summed E-state index contributed by atoms with van der Waals surface area (Å²) in [5.74, 6) is 0.886. The normalized spacial score (nSPS) is 14.6. The van der Waals surface area contributed by atoms with Gasteiger partial charge in [-0.1, -0.05) is 18.2 Å². The average molecular weight is 258 g/mol. The molecule has 102 valence electrons. The fourth-order valence-electron chi connectivity index (χ4n) is 2.63. The van der Waals surface area contributed by atoms with Crippen molar-refractivity contribution in [3.63, 3.8) is 0 Å². The monoisotopic (exact) mass is 258 g/mol. The third-order valence-corrected chi connectivity index (χ3v) is 3.47. The van der Waals surface area contributed by atoms with Crippen molar-refractivity contribution in [2.75, 3.05) is 21.2 Å². The van der Waals surface area contributed by atoms with Crippen LogP contribution in [0.5, 0.6) is 5.75 Å². The Morgan fingerprint density at radius 1 is 1.05 bits per heavy atom. The fourth-order valence-corrected chi connectivity index (χ4v) is 2.63. The quantitative estimate of drug-likeness (QED) is 0.916. The van der Waals surface area contributed by atoms with E-state index in [1.165, 1.54) is 16.3 Å². The minimum absolute atomic E-state index is 0.0886. The first kappa shape index (κ1) is 13.8. The summed E-state index contributed by atoms with van der Waals surface area (Å²) in [6.07, 6.45) is 0. The van der Waals surface area contributed by atoms with Crippen LogP contribution in [0.25, 0.3) is 10.8 Å². The van der Waals surface area contributed by atoms with Crippen molar-refractivity contribution in [1.29, 1.82) is 0 Å². The van der Waals surface area contributed by atoms with E-state index in [0.717, 1.165) is 5.75 Å². The molecule has 2 aromatic carbocycles. The molecule has 3 heteroatoms. The number of benzene rings is 2. The summed E-state index contributed by atoms with van der Waals surface area (Å²) in [6.45, 7) is 2.04. The van der Waals surface area contributed by atoms with Gasteiger partial charge in [-0.2, -0.15) is 0 Å². The van der Waals surface area contributed by atoms with Gasteiger partial charge in [-0.15, -0.1) is 0 Å². The van der Waals surface area contributed by atoms with Gasteiger partial charge in [-0.05, 0) is 55.6 Å². The van der Waals surface area contributed by atoms with E-state index in [9.17, 15) is 0 Å². The third-order valence-electron chi connectivity index (χ3n) is 3.47. The molecule has 2 aromatic rings. The number of fused-ring (bicyclic) bond motifs is 1. The van der Waals surface area contributed by atoms with Gasteiger partial charge in [0.25, 0.3) is 0 Å². The SMILES string of the molecule is COc1ccc2cc(C(C(C)N)N(C)C)ccc2c1. The van der Waals surface area contributed by atoms with Gasteiger partial charge in [-0.3, -0.25) is 0 Å². The predicted molar refractivity (Wildman–Crippen MR) is 80.6 cm³/mol. The molecule has 2 unspecified atom stereocenters. The van der Waals surface area contributed by atoms with Crippen LogP contribution in [-0.2, 0) is 0 Å². The van der Waals surface area contributed by atoms with Gasteiger partial charge in [0.15, 0.2) is 0 Å². The van der Waals surface area contributed by atoms with Crippen LogP contribution in [0.15, 0.2) is 36.4 Å². The maximum Gasteiger partial charge on any atom is 0.119 e. The molecule has 0 saturated carbocycles. The Balaban J connectivity index is 2.46. The molecular weight excluding hydrogens is 236 g/mol. The van der Waals surface area contributed by atoms with Crippen molar-refractivity contribution in [1.82, 2.24) is 4.90 Å². The Morgan fingerprint density at radius 2 is 1.68 bits per heavy atom. The molecule has 2 atom stereocenters. The van der Waals surface area contributed by atoms with Crippen molar-refractivity contribution in [2.24, 2.45) is 5.73 Å². The van der Waals surface area contributed by atoms with Gasteiger partial charge in [0.2, 0.25) is 0 Å². The van der Waals surface area contributed by atoms with E-state index in [4.69, 9.17) is 10.5 Å². The number of likely N-dealkylation sites (N-methyl/N-ethyl adjacent to an activating group) is 1. The van der Waals surface area contributed by atoms with Gasteiger partial charge in [0, 0.05) is 12.1 Å². The minimum atomic E-state index is 0.0886. The minimum Gasteiger partial charge on any atom is -0.497 e. The Kier molecular flexibility index (Phi) is 4.08. The first-order chi connectivity index (χ1) is 9.02. The Morgan fingerprint density at radius 3 is 2.26 bits per heavy atom. The topological polar surface area (TPSA) is 38.5 Å². The molecule has 0 aromatic heterocycles. The molecule has 0 bridgehead atoms. The summed E-state index contributed by atoms with van der Waals surface area (Å²) in [4.78, 5) is 2.16. The van der Waals surface area contributed by atoms with Crippen molar-refractivity contribution < 1.29 is 4.74 Å². The van der Waals surface area contributed by atoms with Gasteiger partial charge < -0.3 is 15.4 Å². The summed E-state index contributed by atoms with van der Waals surface area (Å²) in [7, 11) is 5.81. The molecule has 19 heavy (non-hydrogen) atoms. The van der Waals surface area contributed by atoms with E-state index < -0.39 is 0 Å². The number of nitrogens with zero attached hydrogens (tertiary/aromatic N) is 1. The van der Waals surface area contributed by atoms with Crippen LogP contribution in [-0.4, -0.2) is 32.1 Å². The van der Waals surface area contributed by atoms with Gasteiger partial charge in [0.05, 0.1) is 7.11 Å². The number of methoxy groups -OCH3 is 1. The zero-order valence-electron chi connectivity index (χ0n) is 12.1. The molecule has 0 radical (unpaired) electrons. The first-order valence-corrected chi connectivity index (χ1v) is 6.52. The molecule has 0 aliphatic carbocycles. The lowest BCUT2D eigenvalue weighted by Gasteiger charge is -2.28. The number of hydrogen-bond acceptors (Lipinski definition) is 3. The molecule has 0 aliphatic rings. The first-order valence-electron chi connectivity index (χ1n) is 6.52. The third kappa shape index (κ3) is 2.88. The second-order valence-corrected chi connectivity index (χ2v) is 5.24. The fraction of sp³-hybridized carbons (Fsp3) is 0.375. The van der Waals surface area contributed by atoms with E-state index in [1.54, 1.807) is 7.11 Å². The van der Waals surface area contributed by atoms with Crippen LogP contribution in [0.2, 0.25) is 0 Å². The molecule has 3 nitrogen and oxygen atoms in total. The molecule has 2 rings (SSSR count). The van der Waals surface area contributed by atoms with Gasteiger partial charge in [0.1, 0.15) is 5.75 Å². The average Bonchev–Trinajstić information content (AvgIpc) is 2.37. The smallest absolute Gasteiger partial charge is 0.119 e. The van der Waals surface area contributed by atoms with Crippen LogP contribution >= 0.6 is 0 Å². The summed E-state index contributed by atoms with van der Waals surface area (Å²) >= 11 is 0. The zero-order valence-corrected chi connectivity index (χ0v) is 12.1. The lowest BCUT2D eigenvalue weighted by atomic mass is 9.97. The van der Waals surface area contributed by atoms with Gasteiger partial charge in [-0.25, -0.2) is 0 Å². The highest BCUT2D eigenvalue weighted by atomic mass is 16.5. The molecule has 0 aliphatic heterocycles. The van der Waals surface area contributed by atoms with Crippen LogP contribution in [0.3, 0.4) is 0 Å². The van der Waals surface area contributed by atoms with E-state index in [0.29, 0.717) is 0 Å². The maximum atomic E-state index is 6.10. The van der Waals surface area contributed by atoms with Crippen molar-refractivity contribution in [3.05, 3.63) is 42.0 Å². The van der Waals surface area contributed by atoms with E-state index in [1.807, 2.05) is 13.0 Å². The van der Waals surface area contributed by atoms with Crippen molar-refractivity contribution >= 4 is 10.8 Å². The highest BCUT2D eigenvalue weighted by molar-refractivity contribution is 5.84. The van der Waals surface area contributed by atoms with E-state index >= 15 is 0 Å².